The van der Waals surface area contributed by atoms with Gasteiger partial charge in [0, 0.05) is 25.2 Å². The molecule has 3 N–H and O–H groups in total. The molecule has 1 heterocycles. The van der Waals surface area contributed by atoms with E-state index in [9.17, 15) is 4.79 Å². The lowest BCUT2D eigenvalue weighted by molar-refractivity contribution is -0.126. The van der Waals surface area contributed by atoms with Crippen LogP contribution in [0.5, 0.6) is 0 Å². The van der Waals surface area contributed by atoms with Gasteiger partial charge in [0.05, 0.1) is 5.92 Å². The minimum Gasteiger partial charge on any atom is -0.353 e. The molecule has 0 spiro atoms. The SMILES string of the molecule is CCN1CCC(NC(=O)C(C)C(N)c2ccccc2)CC1.Cl.Cl. The van der Waals surface area contributed by atoms with Gasteiger partial charge in [-0.1, -0.05) is 44.2 Å². The number of nitrogens with one attached hydrogen (secondary N) is 1. The quantitative estimate of drug-likeness (QED) is 0.847. The highest BCUT2D eigenvalue weighted by molar-refractivity contribution is 5.85. The molecule has 1 amide bonds. The van der Waals surface area contributed by atoms with E-state index in [0.717, 1.165) is 38.0 Å². The Hall–Kier alpha value is -0.810. The van der Waals surface area contributed by atoms with E-state index in [0.29, 0.717) is 6.04 Å². The third-order valence-corrected chi connectivity index (χ3v) is 4.52. The minimum atomic E-state index is -0.248. The molecule has 2 unspecified atom stereocenters. The smallest absolute Gasteiger partial charge is 0.224 e. The summed E-state index contributed by atoms with van der Waals surface area (Å²) < 4.78 is 0. The Kier molecular flexibility index (Phi) is 10.5. The first kappa shape index (κ1) is 22.2. The van der Waals surface area contributed by atoms with E-state index >= 15 is 0 Å². The molecular weight excluding hydrogens is 333 g/mol. The zero-order chi connectivity index (χ0) is 15.2. The first-order chi connectivity index (χ1) is 10.1. The zero-order valence-corrected chi connectivity index (χ0v) is 15.5. The second kappa shape index (κ2) is 10.9. The average Bonchev–Trinajstić information content (AvgIpc) is 2.55. The summed E-state index contributed by atoms with van der Waals surface area (Å²) in [7, 11) is 0. The highest BCUT2D eigenvalue weighted by Crippen LogP contribution is 2.20. The lowest BCUT2D eigenvalue weighted by Gasteiger charge is -2.32. The second-order valence-electron chi connectivity index (χ2n) is 5.94. The number of benzene rings is 1. The predicted octanol–water partition coefficient (Wildman–Crippen LogP) is 2.77. The Labute approximate surface area is 152 Å². The number of amides is 1. The van der Waals surface area contributed by atoms with Gasteiger partial charge in [0.15, 0.2) is 0 Å². The van der Waals surface area contributed by atoms with Gasteiger partial charge in [-0.15, -0.1) is 24.8 Å². The van der Waals surface area contributed by atoms with Crippen molar-refractivity contribution in [2.24, 2.45) is 11.7 Å². The number of piperidine rings is 1. The molecule has 1 aliphatic heterocycles. The summed E-state index contributed by atoms with van der Waals surface area (Å²) in [4.78, 5) is 14.8. The van der Waals surface area contributed by atoms with Crippen molar-refractivity contribution in [3.63, 3.8) is 0 Å². The number of hydrogen-bond donors (Lipinski definition) is 2. The highest BCUT2D eigenvalue weighted by Gasteiger charge is 2.25. The number of carbonyl (C=O) groups is 1. The summed E-state index contributed by atoms with van der Waals surface area (Å²) >= 11 is 0. The fourth-order valence-corrected chi connectivity index (χ4v) is 2.85. The standard InChI is InChI=1S/C17H27N3O.2ClH/c1-3-20-11-9-15(10-12-20)19-17(21)13(2)16(18)14-7-5-4-6-8-14;;/h4-8,13,15-16H,3,9-12,18H2,1-2H3,(H,19,21);2*1H. The maximum atomic E-state index is 12.4. The van der Waals surface area contributed by atoms with E-state index in [-0.39, 0.29) is 42.7 Å². The first-order valence-electron chi connectivity index (χ1n) is 7.95. The van der Waals surface area contributed by atoms with E-state index in [2.05, 4.69) is 17.1 Å². The molecule has 6 heteroatoms. The number of likely N-dealkylation sites (tertiary alicyclic amines) is 1. The van der Waals surface area contributed by atoms with Crippen molar-refractivity contribution in [3.8, 4) is 0 Å². The zero-order valence-electron chi connectivity index (χ0n) is 13.9. The molecule has 1 aromatic rings. The third kappa shape index (κ3) is 6.30. The molecule has 23 heavy (non-hydrogen) atoms. The Bertz CT molecular complexity index is 450. The molecule has 4 nitrogen and oxygen atoms in total. The monoisotopic (exact) mass is 361 g/mol. The van der Waals surface area contributed by atoms with Crippen LogP contribution in [-0.4, -0.2) is 36.5 Å². The molecule has 0 aliphatic carbocycles. The molecular formula is C17H29Cl2N3O. The average molecular weight is 362 g/mol. The van der Waals surface area contributed by atoms with Crippen LogP contribution in [0.2, 0.25) is 0 Å². The molecule has 0 radical (unpaired) electrons. The summed E-state index contributed by atoms with van der Waals surface area (Å²) in [6.45, 7) is 7.32. The number of rotatable bonds is 5. The fourth-order valence-electron chi connectivity index (χ4n) is 2.85. The number of hydrogen-bond acceptors (Lipinski definition) is 3. The maximum Gasteiger partial charge on any atom is 0.224 e. The predicted molar refractivity (Wildman–Crippen MR) is 100 cm³/mol. The van der Waals surface area contributed by atoms with E-state index in [4.69, 9.17) is 5.73 Å². The number of nitrogens with two attached hydrogens (primary N) is 1. The normalized spacial score (nSPS) is 18.2. The molecule has 0 aromatic heterocycles. The fraction of sp³-hybridized carbons (Fsp3) is 0.588. The molecule has 1 saturated heterocycles. The van der Waals surface area contributed by atoms with Crippen molar-refractivity contribution >= 4 is 30.7 Å². The number of halogens is 2. The molecule has 1 fully saturated rings. The molecule has 2 rings (SSSR count). The van der Waals surface area contributed by atoms with Crippen LogP contribution in [0.25, 0.3) is 0 Å². The molecule has 0 saturated carbocycles. The van der Waals surface area contributed by atoms with Crippen LogP contribution in [0.1, 0.15) is 38.3 Å². The van der Waals surface area contributed by atoms with Gasteiger partial charge >= 0.3 is 0 Å². The topological polar surface area (TPSA) is 58.4 Å². The van der Waals surface area contributed by atoms with Crippen LogP contribution in [0.4, 0.5) is 0 Å². The van der Waals surface area contributed by atoms with Gasteiger partial charge in [0.25, 0.3) is 0 Å². The molecule has 0 bridgehead atoms. The lowest BCUT2D eigenvalue weighted by Crippen LogP contribution is -2.47. The first-order valence-corrected chi connectivity index (χ1v) is 7.95. The number of carbonyl (C=O) groups excluding carboxylic acids is 1. The summed E-state index contributed by atoms with van der Waals surface area (Å²) in [5.74, 6) is -0.141. The lowest BCUT2D eigenvalue weighted by atomic mass is 9.94. The van der Waals surface area contributed by atoms with Crippen molar-refractivity contribution < 1.29 is 4.79 Å². The van der Waals surface area contributed by atoms with Crippen molar-refractivity contribution in [1.29, 1.82) is 0 Å². The van der Waals surface area contributed by atoms with Crippen LogP contribution in [0.15, 0.2) is 30.3 Å². The van der Waals surface area contributed by atoms with Crippen LogP contribution in [-0.2, 0) is 4.79 Å². The van der Waals surface area contributed by atoms with Gasteiger partial charge in [-0.25, -0.2) is 0 Å². The molecule has 1 aliphatic rings. The van der Waals surface area contributed by atoms with Gasteiger partial charge in [-0.05, 0) is 24.9 Å². The van der Waals surface area contributed by atoms with Crippen molar-refractivity contribution in [1.82, 2.24) is 10.2 Å². The highest BCUT2D eigenvalue weighted by atomic mass is 35.5. The summed E-state index contributed by atoms with van der Waals surface area (Å²) in [6, 6.07) is 9.89. The molecule has 132 valence electrons. The minimum absolute atomic E-state index is 0. The van der Waals surface area contributed by atoms with Gasteiger partial charge < -0.3 is 16.0 Å². The van der Waals surface area contributed by atoms with Gasteiger partial charge in [0.2, 0.25) is 5.91 Å². The van der Waals surface area contributed by atoms with Gasteiger partial charge in [-0.3, -0.25) is 4.79 Å². The molecule has 2 atom stereocenters. The second-order valence-corrected chi connectivity index (χ2v) is 5.94. The Morgan fingerprint density at radius 1 is 1.26 bits per heavy atom. The largest absolute Gasteiger partial charge is 0.353 e. The summed E-state index contributed by atoms with van der Waals surface area (Å²) in [5.41, 5.74) is 7.23. The summed E-state index contributed by atoms with van der Waals surface area (Å²) in [5, 5.41) is 3.17. The van der Waals surface area contributed by atoms with Crippen LogP contribution in [0, 0.1) is 5.92 Å². The van der Waals surface area contributed by atoms with Crippen LogP contribution >= 0.6 is 24.8 Å². The van der Waals surface area contributed by atoms with Crippen LogP contribution in [0.3, 0.4) is 0 Å². The summed E-state index contributed by atoms with van der Waals surface area (Å²) in [6.07, 6.45) is 2.07. The number of nitrogens with zero attached hydrogens (tertiary/aromatic N) is 1. The van der Waals surface area contributed by atoms with E-state index < -0.39 is 0 Å². The van der Waals surface area contributed by atoms with E-state index in [1.165, 1.54) is 0 Å². The van der Waals surface area contributed by atoms with Crippen molar-refractivity contribution in [2.75, 3.05) is 19.6 Å². The molecule has 1 aromatic carbocycles. The van der Waals surface area contributed by atoms with Gasteiger partial charge in [0.1, 0.15) is 0 Å². The Morgan fingerprint density at radius 2 is 1.83 bits per heavy atom. The van der Waals surface area contributed by atoms with Crippen molar-refractivity contribution in [2.45, 2.75) is 38.8 Å². The van der Waals surface area contributed by atoms with Crippen molar-refractivity contribution in [3.05, 3.63) is 35.9 Å². The Balaban J connectivity index is 0.00000242. The third-order valence-electron chi connectivity index (χ3n) is 4.52. The van der Waals surface area contributed by atoms with Crippen LogP contribution < -0.4 is 11.1 Å². The van der Waals surface area contributed by atoms with E-state index in [1.54, 1.807) is 0 Å². The van der Waals surface area contributed by atoms with Gasteiger partial charge in [-0.2, -0.15) is 0 Å². The maximum absolute atomic E-state index is 12.4. The van der Waals surface area contributed by atoms with E-state index in [1.807, 2.05) is 37.3 Å². The Morgan fingerprint density at radius 3 is 2.35 bits per heavy atom.